The maximum absolute atomic E-state index is 16.2. The molecule has 7 amide bonds. The van der Waals surface area contributed by atoms with Crippen LogP contribution in [-0.2, 0) is 19.8 Å². The van der Waals surface area contributed by atoms with Crippen molar-refractivity contribution in [1.29, 1.82) is 0 Å². The minimum absolute atomic E-state index is 0.0181. The first kappa shape index (κ1) is 69.3. The molecule has 0 fully saturated rings. The Kier molecular flexibility index (Phi) is 15.0. The SMILES string of the molecule is COc1ccc([Se]c2ccc(C(=O)NCCNC(=O)CCC(CCC(=O)NCCNC(=O)c3ccc([SeH])cc3)(CCC(=O)NCCNC(=O)c3ccc([SeH])cc3)NC(=O)c3ccc4c(c3)C3c5ccccc5C4C45c6ccc7c8ccc9c%10ccc%11c%12ccc%13c(c%14c4c4c6c7c6c8c9c7c%10c%11c8c%12c%13c%14c9c4c6c7c89)=CC35)cc2)cc1. The van der Waals surface area contributed by atoms with Gasteiger partial charge in [0.1, 0.15) is 0 Å². The molecule has 1 spiro atoms. The minimum atomic E-state index is -1.35. The second kappa shape index (κ2) is 25.3. The van der Waals surface area contributed by atoms with E-state index >= 15 is 4.79 Å². The van der Waals surface area contributed by atoms with E-state index in [0.717, 1.165) is 24.7 Å². The van der Waals surface area contributed by atoms with E-state index in [9.17, 15) is 28.8 Å². The summed E-state index contributed by atoms with van der Waals surface area (Å²) in [5.74, 6) is -1.99. The first-order chi connectivity index (χ1) is 57.2. The third-order valence-corrected chi connectivity index (χ3v) is 30.8. The first-order valence-corrected chi connectivity index (χ1v) is 43.9. The number of fused-ring (bicyclic) bond motifs is 4. The molecule has 20 aromatic carbocycles. The Bertz CT molecular complexity index is 7560. The molecule has 5 aliphatic carbocycles. The zero-order valence-corrected chi connectivity index (χ0v) is 68.7. The van der Waals surface area contributed by atoms with Gasteiger partial charge in [-0.2, -0.15) is 0 Å². The van der Waals surface area contributed by atoms with Crippen LogP contribution in [0.2, 0.25) is 0 Å². The molecule has 4 atom stereocenters. The number of carbonyl (C=O) groups excluding carboxylic acids is 7. The fraction of sp³-hybridized carbons (Fsp3) is 0.182. The van der Waals surface area contributed by atoms with E-state index in [2.05, 4.69) is 160 Å². The van der Waals surface area contributed by atoms with Crippen molar-refractivity contribution in [3.05, 3.63) is 249 Å². The Morgan fingerprint density at radius 1 is 0.376 bits per heavy atom. The van der Waals surface area contributed by atoms with Gasteiger partial charge in [-0.3, -0.25) is 4.79 Å². The van der Waals surface area contributed by atoms with E-state index in [1.165, 1.54) is 178 Å². The molecule has 4 unspecified atom stereocenters. The fourth-order valence-corrected chi connectivity index (χ4v) is 25.2. The molecule has 0 saturated carbocycles. The number of rotatable bonds is 26. The number of amides is 7. The third kappa shape index (κ3) is 9.48. The molecular weight excluding hydrogens is 1650 g/mol. The maximum atomic E-state index is 16.2. The van der Waals surface area contributed by atoms with Gasteiger partial charge < -0.3 is 5.32 Å². The van der Waals surface area contributed by atoms with Gasteiger partial charge in [-0.25, -0.2) is 0 Å². The van der Waals surface area contributed by atoms with Crippen LogP contribution in [0, 0.1) is 5.92 Å². The summed E-state index contributed by atoms with van der Waals surface area (Å²) >= 11 is 4.91. The van der Waals surface area contributed by atoms with Crippen molar-refractivity contribution in [3.8, 4) is 5.75 Å². The molecule has 7 N–H and O–H groups in total. The summed E-state index contributed by atoms with van der Waals surface area (Å²) in [6, 6.07) is 64.8. The van der Waals surface area contributed by atoms with E-state index in [4.69, 9.17) is 4.74 Å². The average molecular weight is 1720 g/mol. The predicted molar refractivity (Wildman–Crippen MR) is 471 cm³/mol. The second-order valence-corrected chi connectivity index (χ2v) is 37.5. The van der Waals surface area contributed by atoms with Gasteiger partial charge >= 0.3 is 370 Å². The molecule has 2 bridgehead atoms. The molecule has 0 radical (unpaired) electrons. The normalized spacial score (nSPS) is 16.7. The molecule has 0 aromatic heterocycles. The average Bonchev–Trinajstić information content (AvgIpc) is 1.43. The van der Waals surface area contributed by atoms with Crippen LogP contribution in [0.3, 0.4) is 0 Å². The van der Waals surface area contributed by atoms with E-state index in [0.29, 0.717) is 22.3 Å². The molecule has 0 heterocycles. The van der Waals surface area contributed by atoms with Crippen molar-refractivity contribution in [2.75, 3.05) is 46.4 Å². The second-order valence-electron chi connectivity index (χ2n) is 32.9. The van der Waals surface area contributed by atoms with E-state index in [1.807, 2.05) is 66.7 Å². The summed E-state index contributed by atoms with van der Waals surface area (Å²) < 4.78 is 9.53. The zero-order chi connectivity index (χ0) is 78.5. The van der Waals surface area contributed by atoms with Crippen molar-refractivity contribution < 1.29 is 38.3 Å². The Morgan fingerprint density at radius 3 is 1.25 bits per heavy atom. The number of hydrogen-bond acceptors (Lipinski definition) is 8. The number of ether oxygens (including phenoxy) is 1. The van der Waals surface area contributed by atoms with E-state index < -0.39 is 16.9 Å². The number of hydrogen-bond donors (Lipinski definition) is 7. The van der Waals surface area contributed by atoms with Crippen LogP contribution >= 0.6 is 0 Å². The summed E-state index contributed by atoms with van der Waals surface area (Å²) in [6.07, 6.45) is 2.44. The van der Waals surface area contributed by atoms with Crippen molar-refractivity contribution in [2.45, 2.75) is 61.3 Å². The molecule has 117 heavy (non-hydrogen) atoms. The van der Waals surface area contributed by atoms with Crippen LogP contribution in [0.1, 0.15) is 125 Å². The molecule has 5 aliphatic rings. The number of benzene rings is 15. The van der Waals surface area contributed by atoms with Crippen LogP contribution in [-0.4, -0.2) is 140 Å². The van der Waals surface area contributed by atoms with Gasteiger partial charge in [0.25, 0.3) is 5.91 Å². The van der Waals surface area contributed by atoms with E-state index in [1.54, 1.807) is 43.5 Å². The van der Waals surface area contributed by atoms with Crippen LogP contribution in [0.4, 0.5) is 0 Å². The van der Waals surface area contributed by atoms with Crippen molar-refractivity contribution >= 4 is 252 Å². The number of carbonyl (C=O) groups is 7. The molecule has 0 aliphatic heterocycles. The van der Waals surface area contributed by atoms with Gasteiger partial charge in [0.05, 0.1) is 0 Å². The first-order valence-electron chi connectivity index (χ1n) is 40.3. The summed E-state index contributed by atoms with van der Waals surface area (Å²) in [4.78, 5) is 99.2. The fourth-order valence-electron chi connectivity index (χ4n) is 22.9. The Morgan fingerprint density at radius 2 is 0.761 bits per heavy atom. The van der Waals surface area contributed by atoms with Gasteiger partial charge in [-0.1, -0.05) is 84.9 Å². The van der Waals surface area contributed by atoms with Gasteiger partial charge in [-0.05, 0) is 191 Å². The van der Waals surface area contributed by atoms with Crippen molar-refractivity contribution in [1.82, 2.24) is 37.2 Å². The third-order valence-electron chi connectivity index (χ3n) is 27.4. The Labute approximate surface area is 690 Å². The number of methoxy groups -OCH3 is 1. The molecule has 0 saturated heterocycles. The molecule has 25 rings (SSSR count). The van der Waals surface area contributed by atoms with Gasteiger partial charge in [0.2, 0.25) is 0 Å². The number of nitrogens with one attached hydrogen (secondary N) is 7. The topological polar surface area (TPSA) is 213 Å². The van der Waals surface area contributed by atoms with Crippen molar-refractivity contribution in [3.63, 3.8) is 0 Å². The van der Waals surface area contributed by atoms with Crippen LogP contribution in [0.15, 0.2) is 188 Å². The summed E-state index contributed by atoms with van der Waals surface area (Å²) in [7, 11) is 1.64. The zero-order valence-electron chi connectivity index (χ0n) is 63.3. The summed E-state index contributed by atoms with van der Waals surface area (Å²) in [5, 5.41) is 58.9. The van der Waals surface area contributed by atoms with Crippen molar-refractivity contribution in [2.24, 2.45) is 5.92 Å². The summed E-state index contributed by atoms with van der Waals surface area (Å²) in [6.45, 7) is 0.766. The van der Waals surface area contributed by atoms with Crippen LogP contribution < -0.4 is 65.0 Å². The molecular formula is C99H71N7O8Se3. The standard InChI is InChI=1S/C99H71N7O8Se3/c1-114-50-13-21-54(22-14-50)117-53-19-10-48(11-20-53)96(112)105-43-40-102-71(109)34-37-98(35-32-69(107)100-38-41-103-94(110)46-6-15-51(115)16-7-46,36-33-70(108)101-39-42-104-95(111)47-8-17-52(116)18-9-47)106-97(113)49-12-23-64-65(44-49)72-55-4-2-3-5-63(55)92(64)99-67-31-30-61-60-27-26-57-56-24-25-58-59-28-29-62-66(45-68(72)99)80-85-78(62)77(59)83-74(58)73(56)82-75(57)76(60)84-79(61)81(67)91(93(80)99)90-88(84)86(82)87(83)89(85)90/h2-31,44-45,68,72,92,115-116H,32-43H2,1H3,(H,100,107)(H,101,108)(H,102,109)(H,103,110)(H,104,111)(H,105,112)(H,106,113). The summed E-state index contributed by atoms with van der Waals surface area (Å²) in [5.41, 5.74) is 7.68. The van der Waals surface area contributed by atoms with Crippen LogP contribution in [0.25, 0.3) is 146 Å². The predicted octanol–water partition coefficient (Wildman–Crippen LogP) is 11.2. The molecule has 20 aromatic rings. The van der Waals surface area contributed by atoms with Gasteiger partial charge in [0, 0.05) is 34.3 Å². The monoisotopic (exact) mass is 1730 g/mol. The quantitative estimate of drug-likeness (QED) is 0.0157. The Hall–Kier alpha value is -12.0. The molecule has 18 heteroatoms. The van der Waals surface area contributed by atoms with Crippen LogP contribution in [0.5, 0.6) is 5.75 Å². The van der Waals surface area contributed by atoms with Gasteiger partial charge in [-0.15, -0.1) is 0 Å². The Balaban J connectivity index is 0.584. The molecule has 15 nitrogen and oxygen atoms in total. The van der Waals surface area contributed by atoms with E-state index in [-0.39, 0.29) is 146 Å². The van der Waals surface area contributed by atoms with Gasteiger partial charge in [0.15, 0.2) is 0 Å². The molecule has 568 valence electrons.